The number of hydrogen-bond donors (Lipinski definition) is 1. The smallest absolute Gasteiger partial charge is 0.317 e. The first-order chi connectivity index (χ1) is 10.8. The van der Waals surface area contributed by atoms with Crippen molar-refractivity contribution in [3.05, 3.63) is 35.1 Å². The standard InChI is InChI=1S/C15H18FN3O3S/c1-2-19(9-12-4-3-11(8-17)7-14(12)16)15(20)18-13-5-6-23(21,22)10-13/h3-4,7,13H,2,5-6,9-10H2,1H3,(H,18,20). The predicted octanol–water partition coefficient (Wildman–Crippen LogP) is 1.42. The summed E-state index contributed by atoms with van der Waals surface area (Å²) in [5, 5.41) is 11.4. The zero-order valence-corrected chi connectivity index (χ0v) is 13.6. The Hall–Kier alpha value is -2.14. The zero-order valence-electron chi connectivity index (χ0n) is 12.8. The lowest BCUT2D eigenvalue weighted by Crippen LogP contribution is -2.45. The Morgan fingerprint density at radius 2 is 2.26 bits per heavy atom. The Morgan fingerprint density at radius 1 is 1.52 bits per heavy atom. The van der Waals surface area contributed by atoms with Crippen LogP contribution in [0.25, 0.3) is 0 Å². The SMILES string of the molecule is CCN(Cc1ccc(C#N)cc1F)C(=O)NC1CCS(=O)(=O)C1. The number of amides is 2. The van der Waals surface area contributed by atoms with Crippen molar-refractivity contribution in [1.29, 1.82) is 5.26 Å². The number of benzene rings is 1. The Labute approximate surface area is 134 Å². The summed E-state index contributed by atoms with van der Waals surface area (Å²) in [6.07, 6.45) is 0.400. The lowest BCUT2D eigenvalue weighted by molar-refractivity contribution is 0.194. The largest absolute Gasteiger partial charge is 0.334 e. The van der Waals surface area contributed by atoms with E-state index in [-0.39, 0.29) is 23.6 Å². The monoisotopic (exact) mass is 339 g/mol. The highest BCUT2D eigenvalue weighted by atomic mass is 32.2. The van der Waals surface area contributed by atoms with E-state index in [1.807, 2.05) is 6.07 Å². The maximum Gasteiger partial charge on any atom is 0.317 e. The molecule has 0 aliphatic carbocycles. The van der Waals surface area contributed by atoms with Crippen molar-refractivity contribution in [2.45, 2.75) is 25.9 Å². The van der Waals surface area contributed by atoms with Gasteiger partial charge in [0.1, 0.15) is 5.82 Å². The van der Waals surface area contributed by atoms with Crippen molar-refractivity contribution < 1.29 is 17.6 Å². The van der Waals surface area contributed by atoms with Gasteiger partial charge in [-0.1, -0.05) is 6.07 Å². The molecule has 1 aromatic rings. The fourth-order valence-corrected chi connectivity index (χ4v) is 4.13. The van der Waals surface area contributed by atoms with E-state index in [9.17, 15) is 17.6 Å². The van der Waals surface area contributed by atoms with Gasteiger partial charge in [-0.2, -0.15) is 5.26 Å². The number of hydrogen-bond acceptors (Lipinski definition) is 4. The molecular formula is C15H18FN3O3S. The molecule has 0 radical (unpaired) electrons. The molecule has 124 valence electrons. The van der Waals surface area contributed by atoms with E-state index in [0.29, 0.717) is 18.5 Å². The first kappa shape index (κ1) is 17.2. The highest BCUT2D eigenvalue weighted by Gasteiger charge is 2.30. The van der Waals surface area contributed by atoms with E-state index in [0.717, 1.165) is 6.07 Å². The van der Waals surface area contributed by atoms with Gasteiger partial charge in [-0.3, -0.25) is 0 Å². The lowest BCUT2D eigenvalue weighted by atomic mass is 10.1. The molecule has 1 saturated heterocycles. The normalized spacial score (nSPS) is 19.1. The summed E-state index contributed by atoms with van der Waals surface area (Å²) in [7, 11) is -3.07. The van der Waals surface area contributed by atoms with E-state index in [2.05, 4.69) is 5.32 Å². The number of carbonyl (C=O) groups excluding carboxylic acids is 1. The van der Waals surface area contributed by atoms with Crippen molar-refractivity contribution in [2.24, 2.45) is 0 Å². The molecule has 1 aliphatic rings. The molecule has 0 aromatic heterocycles. The molecule has 1 aliphatic heterocycles. The first-order valence-corrected chi connectivity index (χ1v) is 9.11. The van der Waals surface area contributed by atoms with Crippen molar-refractivity contribution >= 4 is 15.9 Å². The number of nitrogens with one attached hydrogen (secondary N) is 1. The zero-order chi connectivity index (χ0) is 17.0. The number of rotatable bonds is 4. The molecule has 1 aromatic carbocycles. The maximum absolute atomic E-state index is 13.9. The van der Waals surface area contributed by atoms with E-state index in [4.69, 9.17) is 5.26 Å². The maximum atomic E-state index is 13.9. The second-order valence-electron chi connectivity index (χ2n) is 5.48. The molecule has 1 heterocycles. The summed E-state index contributed by atoms with van der Waals surface area (Å²) in [6.45, 7) is 2.16. The predicted molar refractivity (Wildman–Crippen MR) is 82.8 cm³/mol. The van der Waals surface area contributed by atoms with Gasteiger partial charge in [0.2, 0.25) is 0 Å². The van der Waals surface area contributed by atoms with Crippen molar-refractivity contribution in [1.82, 2.24) is 10.2 Å². The average Bonchev–Trinajstić information content (AvgIpc) is 2.84. The van der Waals surface area contributed by atoms with E-state index >= 15 is 0 Å². The molecule has 1 unspecified atom stereocenters. The van der Waals surface area contributed by atoms with Gasteiger partial charge in [0.05, 0.1) is 29.7 Å². The molecule has 1 fully saturated rings. The number of halogens is 1. The van der Waals surface area contributed by atoms with Crippen LogP contribution in [0.5, 0.6) is 0 Å². The second kappa shape index (κ2) is 6.96. The molecular weight excluding hydrogens is 321 g/mol. The minimum absolute atomic E-state index is 0.0540. The van der Waals surface area contributed by atoms with Gasteiger partial charge < -0.3 is 10.2 Å². The number of urea groups is 1. The third-order valence-corrected chi connectivity index (χ3v) is 5.54. The number of nitriles is 1. The van der Waals surface area contributed by atoms with E-state index in [1.165, 1.54) is 17.0 Å². The second-order valence-corrected chi connectivity index (χ2v) is 7.71. The first-order valence-electron chi connectivity index (χ1n) is 7.29. The third kappa shape index (κ3) is 4.42. The summed E-state index contributed by atoms with van der Waals surface area (Å²) in [6, 6.07) is 5.14. The average molecular weight is 339 g/mol. The van der Waals surface area contributed by atoms with Crippen LogP contribution >= 0.6 is 0 Å². The molecule has 8 heteroatoms. The Kier molecular flexibility index (Phi) is 5.21. The summed E-state index contributed by atoms with van der Waals surface area (Å²) in [5.41, 5.74) is 0.523. The van der Waals surface area contributed by atoms with E-state index < -0.39 is 27.7 Å². The van der Waals surface area contributed by atoms with Crippen LogP contribution in [0.1, 0.15) is 24.5 Å². The molecule has 1 atom stereocenters. The van der Waals surface area contributed by atoms with Gasteiger partial charge in [0.25, 0.3) is 0 Å². The Balaban J connectivity index is 2.02. The molecule has 0 saturated carbocycles. The molecule has 23 heavy (non-hydrogen) atoms. The third-order valence-electron chi connectivity index (χ3n) is 3.77. The summed E-state index contributed by atoms with van der Waals surface area (Å²) < 4.78 is 36.7. The van der Waals surface area contributed by atoms with Gasteiger partial charge >= 0.3 is 6.03 Å². The van der Waals surface area contributed by atoms with Crippen LogP contribution in [-0.2, 0) is 16.4 Å². The van der Waals surface area contributed by atoms with Gasteiger partial charge in [-0.25, -0.2) is 17.6 Å². The molecule has 2 amide bonds. The molecule has 2 rings (SSSR count). The summed E-state index contributed by atoms with van der Waals surface area (Å²) >= 11 is 0. The van der Waals surface area contributed by atoms with E-state index in [1.54, 1.807) is 6.92 Å². The topological polar surface area (TPSA) is 90.3 Å². The van der Waals surface area contributed by atoms with Crippen molar-refractivity contribution in [3.8, 4) is 6.07 Å². The Morgan fingerprint density at radius 3 is 2.78 bits per heavy atom. The number of carbonyl (C=O) groups is 1. The quantitative estimate of drug-likeness (QED) is 0.898. The minimum Gasteiger partial charge on any atom is -0.334 e. The summed E-state index contributed by atoms with van der Waals surface area (Å²) in [5.74, 6) is -0.519. The molecule has 6 nitrogen and oxygen atoms in total. The van der Waals surface area contributed by atoms with Crippen LogP contribution in [0.15, 0.2) is 18.2 Å². The van der Waals surface area contributed by atoms with Gasteiger partial charge in [-0.15, -0.1) is 0 Å². The fraction of sp³-hybridized carbons (Fsp3) is 0.467. The van der Waals surface area contributed by atoms with Gasteiger partial charge in [0.15, 0.2) is 9.84 Å². The van der Waals surface area contributed by atoms with Crippen LogP contribution < -0.4 is 5.32 Å². The van der Waals surface area contributed by atoms with Crippen LogP contribution in [0.2, 0.25) is 0 Å². The van der Waals surface area contributed by atoms with Crippen LogP contribution in [0.4, 0.5) is 9.18 Å². The molecule has 1 N–H and O–H groups in total. The molecule has 0 bridgehead atoms. The minimum atomic E-state index is -3.07. The van der Waals surface area contributed by atoms with Gasteiger partial charge in [-0.05, 0) is 25.5 Å². The number of nitrogens with zero attached hydrogens (tertiary/aromatic N) is 2. The molecule has 0 spiro atoms. The van der Waals surface area contributed by atoms with Crippen LogP contribution in [0.3, 0.4) is 0 Å². The lowest BCUT2D eigenvalue weighted by Gasteiger charge is -2.23. The van der Waals surface area contributed by atoms with Crippen molar-refractivity contribution in [2.75, 3.05) is 18.1 Å². The highest BCUT2D eigenvalue weighted by Crippen LogP contribution is 2.15. The number of sulfone groups is 1. The fourth-order valence-electron chi connectivity index (χ4n) is 2.45. The summed E-state index contributed by atoms with van der Waals surface area (Å²) in [4.78, 5) is 13.6. The Bertz CT molecular complexity index is 743. The van der Waals surface area contributed by atoms with Crippen molar-refractivity contribution in [3.63, 3.8) is 0 Å². The van der Waals surface area contributed by atoms with Crippen LogP contribution in [-0.4, -0.2) is 43.4 Å². The van der Waals surface area contributed by atoms with Gasteiger partial charge in [0, 0.05) is 18.2 Å². The van der Waals surface area contributed by atoms with Crippen LogP contribution in [0, 0.1) is 17.1 Å². The highest BCUT2D eigenvalue weighted by molar-refractivity contribution is 7.91.